The molecular weight excluding hydrogens is 123 g/mol. The average molecular weight is 136 g/mol. The minimum absolute atomic E-state index is 0.691. The summed E-state index contributed by atoms with van der Waals surface area (Å²) < 4.78 is 9.31. The summed E-state index contributed by atoms with van der Waals surface area (Å²) in [7, 11) is 2.55. The molecule has 0 radical (unpaired) electrons. The van der Waals surface area contributed by atoms with Crippen LogP contribution < -0.4 is 0 Å². The monoisotopic (exact) mass is 136 g/mol. The normalized spacial score (nSPS) is 7.56. The van der Waals surface area contributed by atoms with Gasteiger partial charge in [0.1, 0.15) is 0 Å². The molecule has 0 aliphatic heterocycles. The molecule has 2 N–H and O–H groups in total. The van der Waals surface area contributed by atoms with Crippen molar-refractivity contribution in [2.75, 3.05) is 27.4 Å². The fourth-order valence-electron chi connectivity index (χ4n) is 0.167. The van der Waals surface area contributed by atoms with Crippen LogP contribution in [0.4, 0.5) is 0 Å². The van der Waals surface area contributed by atoms with Crippen LogP contribution in [-0.2, 0) is 9.47 Å². The van der Waals surface area contributed by atoms with Crippen molar-refractivity contribution >= 4 is 7.69 Å². The van der Waals surface area contributed by atoms with Gasteiger partial charge in [-0.2, -0.15) is 0 Å². The minimum Gasteiger partial charge on any atom is -0.430 e. The quantitative estimate of drug-likeness (QED) is 0.366. The van der Waals surface area contributed by atoms with Gasteiger partial charge in [-0.05, 0) is 0 Å². The number of methoxy groups -OCH3 is 2. The SMILES string of the molecule is COCCOC.OBO. The van der Waals surface area contributed by atoms with Gasteiger partial charge < -0.3 is 19.5 Å². The van der Waals surface area contributed by atoms with Crippen LogP contribution in [0, 0.1) is 0 Å². The van der Waals surface area contributed by atoms with E-state index in [4.69, 9.17) is 10.0 Å². The van der Waals surface area contributed by atoms with Crippen molar-refractivity contribution in [3.8, 4) is 0 Å². The first-order valence-corrected chi connectivity index (χ1v) is 2.53. The van der Waals surface area contributed by atoms with E-state index in [2.05, 4.69) is 9.47 Å². The van der Waals surface area contributed by atoms with E-state index < -0.39 is 7.69 Å². The fraction of sp³-hybridized carbons (Fsp3) is 1.00. The van der Waals surface area contributed by atoms with Gasteiger partial charge in [0, 0.05) is 14.2 Å². The van der Waals surface area contributed by atoms with E-state index in [0.29, 0.717) is 13.2 Å². The van der Waals surface area contributed by atoms with Crippen molar-refractivity contribution in [1.29, 1.82) is 0 Å². The summed E-state index contributed by atoms with van der Waals surface area (Å²) in [6.45, 7) is 1.38. The summed E-state index contributed by atoms with van der Waals surface area (Å²) in [6.07, 6.45) is 0. The highest BCUT2D eigenvalue weighted by atomic mass is 16.5. The molecule has 0 amide bonds. The predicted molar refractivity (Wildman–Crippen MR) is 35.3 cm³/mol. The van der Waals surface area contributed by atoms with Crippen molar-refractivity contribution in [1.82, 2.24) is 0 Å². The third kappa shape index (κ3) is 32.7. The van der Waals surface area contributed by atoms with Gasteiger partial charge in [-0.25, -0.2) is 0 Å². The third-order valence-electron chi connectivity index (χ3n) is 0.492. The molecule has 0 rings (SSSR count). The molecule has 0 fully saturated rings. The van der Waals surface area contributed by atoms with E-state index in [1.807, 2.05) is 0 Å². The molecule has 0 atom stereocenters. The van der Waals surface area contributed by atoms with Crippen LogP contribution in [0.2, 0.25) is 0 Å². The molecule has 56 valence electrons. The average Bonchev–Trinajstić information content (AvgIpc) is 1.86. The number of rotatable bonds is 3. The Morgan fingerprint density at radius 1 is 1.11 bits per heavy atom. The summed E-state index contributed by atoms with van der Waals surface area (Å²) >= 11 is 0. The molecule has 0 saturated heterocycles. The van der Waals surface area contributed by atoms with E-state index in [-0.39, 0.29) is 0 Å². The standard InChI is InChI=1S/C4H10O2.BH3O2/c1-5-3-4-6-2;2-1-3/h3-4H2,1-2H3;1-3H. The second kappa shape index (κ2) is 15.7. The lowest BCUT2D eigenvalue weighted by Gasteiger charge is -1.91. The molecule has 0 aliphatic rings. The predicted octanol–water partition coefficient (Wildman–Crippen LogP) is -1.48. The highest BCUT2D eigenvalue weighted by Gasteiger charge is 1.73. The van der Waals surface area contributed by atoms with E-state index in [1.54, 1.807) is 14.2 Å². The lowest BCUT2D eigenvalue weighted by atomic mass is 10.5. The number of hydrogen-bond donors (Lipinski definition) is 2. The first kappa shape index (κ1) is 11.7. The third-order valence-corrected chi connectivity index (χ3v) is 0.492. The molecule has 0 heterocycles. The van der Waals surface area contributed by atoms with Crippen LogP contribution in [0.3, 0.4) is 0 Å². The lowest BCUT2D eigenvalue weighted by molar-refractivity contribution is 0.103. The van der Waals surface area contributed by atoms with Crippen LogP contribution in [0.15, 0.2) is 0 Å². The van der Waals surface area contributed by atoms with E-state index in [1.165, 1.54) is 0 Å². The van der Waals surface area contributed by atoms with Crippen molar-refractivity contribution in [2.24, 2.45) is 0 Å². The Morgan fingerprint density at radius 3 is 1.44 bits per heavy atom. The molecule has 0 aliphatic carbocycles. The molecule has 0 spiro atoms. The Kier molecular flexibility index (Phi) is 20.3. The summed E-state index contributed by atoms with van der Waals surface area (Å²) in [5.41, 5.74) is 0. The highest BCUT2D eigenvalue weighted by Crippen LogP contribution is 1.65. The molecule has 0 aromatic rings. The van der Waals surface area contributed by atoms with E-state index in [9.17, 15) is 0 Å². The fourth-order valence-corrected chi connectivity index (χ4v) is 0.167. The molecule has 9 heavy (non-hydrogen) atoms. The molecule has 0 aromatic carbocycles. The Bertz CT molecular complexity index is 31.7. The van der Waals surface area contributed by atoms with Gasteiger partial charge in [-0.1, -0.05) is 0 Å². The van der Waals surface area contributed by atoms with Gasteiger partial charge in [0.25, 0.3) is 0 Å². The molecule has 0 saturated carbocycles. The molecular formula is C4H13BO4. The second-order valence-electron chi connectivity index (χ2n) is 1.13. The Balaban J connectivity index is 0. The van der Waals surface area contributed by atoms with Crippen LogP contribution in [0.25, 0.3) is 0 Å². The van der Waals surface area contributed by atoms with Gasteiger partial charge in [-0.15, -0.1) is 0 Å². The Morgan fingerprint density at radius 2 is 1.33 bits per heavy atom. The number of ether oxygens (including phenoxy) is 2. The van der Waals surface area contributed by atoms with Crippen molar-refractivity contribution in [2.45, 2.75) is 0 Å². The largest absolute Gasteiger partial charge is 0.432 e. The lowest BCUT2D eigenvalue weighted by Crippen LogP contribution is -1.96. The van der Waals surface area contributed by atoms with Gasteiger partial charge in [0.05, 0.1) is 13.2 Å². The molecule has 0 unspecified atom stereocenters. The zero-order valence-corrected chi connectivity index (χ0v) is 5.83. The van der Waals surface area contributed by atoms with Crippen LogP contribution in [-0.4, -0.2) is 45.2 Å². The minimum atomic E-state index is -0.750. The molecule has 0 bridgehead atoms. The maximum atomic E-state index is 7.12. The van der Waals surface area contributed by atoms with Crippen molar-refractivity contribution in [3.05, 3.63) is 0 Å². The summed E-state index contributed by atoms with van der Waals surface area (Å²) in [5, 5.41) is 14.2. The van der Waals surface area contributed by atoms with Gasteiger partial charge in [0.15, 0.2) is 0 Å². The Labute approximate surface area is 55.7 Å². The van der Waals surface area contributed by atoms with E-state index in [0.717, 1.165) is 0 Å². The van der Waals surface area contributed by atoms with E-state index >= 15 is 0 Å². The maximum Gasteiger partial charge on any atom is 0.432 e. The van der Waals surface area contributed by atoms with Crippen molar-refractivity contribution in [3.63, 3.8) is 0 Å². The topological polar surface area (TPSA) is 58.9 Å². The highest BCUT2D eigenvalue weighted by molar-refractivity contribution is 6.13. The summed E-state index contributed by atoms with van der Waals surface area (Å²) in [5.74, 6) is 0. The summed E-state index contributed by atoms with van der Waals surface area (Å²) in [4.78, 5) is 0. The van der Waals surface area contributed by atoms with Gasteiger partial charge >= 0.3 is 7.69 Å². The molecule has 4 nitrogen and oxygen atoms in total. The molecule has 5 heteroatoms. The zero-order chi connectivity index (χ0) is 7.54. The smallest absolute Gasteiger partial charge is 0.430 e. The first-order valence-electron chi connectivity index (χ1n) is 2.53. The maximum absolute atomic E-state index is 7.12. The van der Waals surface area contributed by atoms with Crippen molar-refractivity contribution < 1.29 is 19.5 Å². The second-order valence-corrected chi connectivity index (χ2v) is 1.13. The first-order chi connectivity index (χ1) is 4.33. The van der Waals surface area contributed by atoms with Crippen LogP contribution in [0.1, 0.15) is 0 Å². The Hall–Kier alpha value is -0.0951. The van der Waals surface area contributed by atoms with Crippen LogP contribution >= 0.6 is 0 Å². The van der Waals surface area contributed by atoms with Crippen LogP contribution in [0.5, 0.6) is 0 Å². The zero-order valence-electron chi connectivity index (χ0n) is 5.83. The molecule has 0 aromatic heterocycles. The van der Waals surface area contributed by atoms with Gasteiger partial charge in [-0.3, -0.25) is 0 Å². The van der Waals surface area contributed by atoms with Gasteiger partial charge in [0.2, 0.25) is 0 Å². The summed E-state index contributed by atoms with van der Waals surface area (Å²) in [6, 6.07) is 0. The number of hydrogen-bond acceptors (Lipinski definition) is 4.